The van der Waals surface area contributed by atoms with Crippen molar-refractivity contribution in [2.75, 3.05) is 12.8 Å². The van der Waals surface area contributed by atoms with E-state index in [0.717, 1.165) is 10.7 Å². The van der Waals surface area contributed by atoms with E-state index in [1.165, 1.54) is 11.8 Å². The van der Waals surface area contributed by atoms with Crippen molar-refractivity contribution in [2.45, 2.75) is 18.1 Å². The van der Waals surface area contributed by atoms with Gasteiger partial charge >= 0.3 is 5.97 Å². The van der Waals surface area contributed by atoms with Crippen LogP contribution in [0.3, 0.4) is 0 Å². The Balaban J connectivity index is 2.28. The smallest absolute Gasteiger partial charge is 0.304 e. The van der Waals surface area contributed by atoms with Gasteiger partial charge in [0.1, 0.15) is 0 Å². The van der Waals surface area contributed by atoms with Crippen LogP contribution >= 0.6 is 11.8 Å². The number of rotatable bonds is 6. The van der Waals surface area contributed by atoms with E-state index in [4.69, 9.17) is 5.11 Å². The third kappa shape index (κ3) is 4.75. The number of carbonyl (C=O) groups is 1. The van der Waals surface area contributed by atoms with Gasteiger partial charge in [-0.1, -0.05) is 11.8 Å². The predicted octanol–water partition coefficient (Wildman–Crippen LogP) is 0.763. The van der Waals surface area contributed by atoms with Crippen LogP contribution in [0.1, 0.15) is 12.0 Å². The van der Waals surface area contributed by atoms with Crippen molar-refractivity contribution in [3.8, 4) is 0 Å². The SMILES string of the molecule is CSc1ncc(CNCCC(=O)O)cn1. The van der Waals surface area contributed by atoms with Crippen LogP contribution in [0, 0.1) is 0 Å². The molecule has 1 aromatic rings. The van der Waals surface area contributed by atoms with Crippen LogP contribution in [0.25, 0.3) is 0 Å². The third-order valence-corrected chi connectivity index (χ3v) is 2.28. The first-order chi connectivity index (χ1) is 7.22. The zero-order valence-corrected chi connectivity index (χ0v) is 9.25. The molecule has 0 radical (unpaired) electrons. The molecule has 0 aromatic carbocycles. The molecular weight excluding hydrogens is 214 g/mol. The maximum atomic E-state index is 10.2. The van der Waals surface area contributed by atoms with Crippen LogP contribution in [0.15, 0.2) is 17.6 Å². The van der Waals surface area contributed by atoms with Crippen molar-refractivity contribution in [1.29, 1.82) is 0 Å². The molecule has 15 heavy (non-hydrogen) atoms. The van der Waals surface area contributed by atoms with Gasteiger partial charge in [0, 0.05) is 31.0 Å². The van der Waals surface area contributed by atoms with Gasteiger partial charge in [-0.25, -0.2) is 9.97 Å². The number of nitrogens with zero attached hydrogens (tertiary/aromatic N) is 2. The van der Waals surface area contributed by atoms with Gasteiger partial charge in [0.2, 0.25) is 0 Å². The molecule has 0 aliphatic rings. The Kier molecular flexibility index (Phi) is 5.06. The number of carboxylic acids is 1. The lowest BCUT2D eigenvalue weighted by Gasteiger charge is -2.02. The maximum absolute atomic E-state index is 10.2. The molecule has 2 N–H and O–H groups in total. The zero-order valence-electron chi connectivity index (χ0n) is 8.43. The quantitative estimate of drug-likeness (QED) is 0.424. The molecule has 1 aromatic heterocycles. The van der Waals surface area contributed by atoms with Crippen molar-refractivity contribution < 1.29 is 9.90 Å². The summed E-state index contributed by atoms with van der Waals surface area (Å²) < 4.78 is 0. The fourth-order valence-electron chi connectivity index (χ4n) is 0.968. The highest BCUT2D eigenvalue weighted by molar-refractivity contribution is 7.98. The van der Waals surface area contributed by atoms with E-state index in [1.807, 2.05) is 6.26 Å². The van der Waals surface area contributed by atoms with Crippen molar-refractivity contribution >= 4 is 17.7 Å². The van der Waals surface area contributed by atoms with Gasteiger partial charge < -0.3 is 10.4 Å². The fourth-order valence-corrected chi connectivity index (χ4v) is 1.28. The molecule has 0 fully saturated rings. The molecule has 0 aliphatic heterocycles. The molecule has 6 heteroatoms. The minimum Gasteiger partial charge on any atom is -0.481 e. The second-order valence-electron chi connectivity index (χ2n) is 2.90. The number of thioether (sulfide) groups is 1. The molecular formula is C9H13N3O2S. The Morgan fingerprint density at radius 2 is 2.20 bits per heavy atom. The second-order valence-corrected chi connectivity index (χ2v) is 3.67. The molecule has 0 bridgehead atoms. The average molecular weight is 227 g/mol. The molecule has 0 saturated heterocycles. The first-order valence-corrected chi connectivity index (χ1v) is 5.72. The maximum Gasteiger partial charge on any atom is 0.304 e. The first kappa shape index (κ1) is 11.9. The Labute approximate surface area is 92.3 Å². The predicted molar refractivity (Wildman–Crippen MR) is 57.8 cm³/mol. The van der Waals surface area contributed by atoms with E-state index in [9.17, 15) is 4.79 Å². The van der Waals surface area contributed by atoms with Gasteiger partial charge in [-0.3, -0.25) is 4.79 Å². The lowest BCUT2D eigenvalue weighted by molar-refractivity contribution is -0.136. The molecule has 82 valence electrons. The lowest BCUT2D eigenvalue weighted by atomic mass is 10.3. The highest BCUT2D eigenvalue weighted by Crippen LogP contribution is 2.06. The zero-order chi connectivity index (χ0) is 11.1. The summed E-state index contributed by atoms with van der Waals surface area (Å²) in [5.74, 6) is -0.795. The topological polar surface area (TPSA) is 75.1 Å². The van der Waals surface area contributed by atoms with Gasteiger partial charge in [-0.05, 0) is 6.26 Å². The summed E-state index contributed by atoms with van der Waals surface area (Å²) in [4.78, 5) is 18.4. The molecule has 0 aliphatic carbocycles. The van der Waals surface area contributed by atoms with Crippen LogP contribution in [0.5, 0.6) is 0 Å². The minimum atomic E-state index is -0.795. The highest BCUT2D eigenvalue weighted by Gasteiger charge is 1.98. The molecule has 1 heterocycles. The summed E-state index contributed by atoms with van der Waals surface area (Å²) >= 11 is 1.49. The number of hydrogen-bond donors (Lipinski definition) is 2. The fraction of sp³-hybridized carbons (Fsp3) is 0.444. The normalized spacial score (nSPS) is 10.2. The van der Waals surface area contributed by atoms with Gasteiger partial charge in [0.05, 0.1) is 6.42 Å². The van der Waals surface area contributed by atoms with Gasteiger partial charge in [0.15, 0.2) is 5.16 Å². The van der Waals surface area contributed by atoms with Crippen LogP contribution in [0.4, 0.5) is 0 Å². The molecule has 5 nitrogen and oxygen atoms in total. The Morgan fingerprint density at radius 3 is 2.73 bits per heavy atom. The monoisotopic (exact) mass is 227 g/mol. The summed E-state index contributed by atoms with van der Waals surface area (Å²) in [6.07, 6.45) is 5.53. The van der Waals surface area contributed by atoms with Crippen molar-refractivity contribution in [2.24, 2.45) is 0 Å². The molecule has 0 atom stereocenters. The van der Waals surface area contributed by atoms with Gasteiger partial charge in [-0.2, -0.15) is 0 Å². The summed E-state index contributed by atoms with van der Waals surface area (Å²) in [5.41, 5.74) is 0.957. The summed E-state index contributed by atoms with van der Waals surface area (Å²) in [6.45, 7) is 1.06. The Morgan fingerprint density at radius 1 is 1.53 bits per heavy atom. The van der Waals surface area contributed by atoms with Crippen LogP contribution < -0.4 is 5.32 Å². The van der Waals surface area contributed by atoms with Crippen molar-refractivity contribution in [1.82, 2.24) is 15.3 Å². The summed E-state index contributed by atoms with van der Waals surface area (Å²) in [7, 11) is 0. The number of nitrogens with one attached hydrogen (secondary N) is 1. The van der Waals surface area contributed by atoms with Crippen LogP contribution in [0.2, 0.25) is 0 Å². The number of aromatic nitrogens is 2. The third-order valence-electron chi connectivity index (χ3n) is 1.71. The van der Waals surface area contributed by atoms with E-state index < -0.39 is 5.97 Å². The van der Waals surface area contributed by atoms with Crippen LogP contribution in [-0.2, 0) is 11.3 Å². The van der Waals surface area contributed by atoms with E-state index >= 15 is 0 Å². The molecule has 0 saturated carbocycles. The van der Waals surface area contributed by atoms with Crippen molar-refractivity contribution in [3.05, 3.63) is 18.0 Å². The molecule has 0 spiro atoms. The highest BCUT2D eigenvalue weighted by atomic mass is 32.2. The largest absolute Gasteiger partial charge is 0.481 e. The Bertz CT molecular complexity index is 316. The summed E-state index contributed by atoms with van der Waals surface area (Å²) in [6, 6.07) is 0. The van der Waals surface area contributed by atoms with Gasteiger partial charge in [0.25, 0.3) is 0 Å². The number of carboxylic acid groups (broad SMARTS) is 1. The number of aliphatic carboxylic acids is 1. The van der Waals surface area contributed by atoms with E-state index in [1.54, 1.807) is 12.4 Å². The van der Waals surface area contributed by atoms with Crippen molar-refractivity contribution in [3.63, 3.8) is 0 Å². The van der Waals surface area contributed by atoms with Crippen LogP contribution in [-0.4, -0.2) is 33.8 Å². The number of hydrogen-bond acceptors (Lipinski definition) is 5. The summed E-state index contributed by atoms with van der Waals surface area (Å²) in [5, 5.41) is 12.2. The second kappa shape index (κ2) is 6.36. The van der Waals surface area contributed by atoms with Gasteiger partial charge in [-0.15, -0.1) is 0 Å². The lowest BCUT2D eigenvalue weighted by Crippen LogP contribution is -2.17. The standard InChI is InChI=1S/C9H13N3O2S/c1-15-9-11-5-7(6-12-9)4-10-3-2-8(13)14/h5-6,10H,2-4H2,1H3,(H,13,14). The minimum absolute atomic E-state index is 0.129. The first-order valence-electron chi connectivity index (χ1n) is 4.50. The average Bonchev–Trinajstić information content (AvgIpc) is 2.25. The van der Waals surface area contributed by atoms with E-state index in [2.05, 4.69) is 15.3 Å². The molecule has 0 unspecified atom stereocenters. The Hall–Kier alpha value is -1.14. The van der Waals surface area contributed by atoms with E-state index in [0.29, 0.717) is 13.1 Å². The van der Waals surface area contributed by atoms with E-state index in [-0.39, 0.29) is 6.42 Å². The molecule has 1 rings (SSSR count). The molecule has 0 amide bonds.